The van der Waals surface area contributed by atoms with Crippen molar-refractivity contribution in [1.29, 1.82) is 0 Å². The van der Waals surface area contributed by atoms with Crippen LogP contribution < -0.4 is 5.73 Å². The molecular formula is C5H9NO3. The van der Waals surface area contributed by atoms with Gasteiger partial charge in [0, 0.05) is 11.9 Å². The minimum atomic E-state index is -3.26. The molecule has 0 spiro atoms. The second kappa shape index (κ2) is 4.03. The van der Waals surface area contributed by atoms with Crippen molar-refractivity contribution in [3.63, 3.8) is 0 Å². The molecule has 0 aliphatic carbocycles. The Bertz CT molecular complexity index is 240. The first-order chi connectivity index (χ1) is 5.67. The molecule has 0 saturated carbocycles. The average molecular weight is 141 g/mol. The molecule has 9 heavy (non-hydrogen) atoms. The standard InChI is InChI=1S/C5H9NO3/c6-3-4(7)1-2-5(8)9/h1-3,6H2,(H,8,9)/i1+2TD,2+2TD/t1-,2-/m1/s1. The van der Waals surface area contributed by atoms with Gasteiger partial charge in [0.15, 0.2) is 0 Å². The number of aliphatic carboxylic acids is 1. The smallest absolute Gasteiger partial charge is 0.303 e. The molecule has 0 aliphatic rings. The number of Topliss-reactive ketones (excluding diaryl/α,β-unsaturated/α-hetero) is 1. The number of nitrogens with two attached hydrogens (primary N) is 1. The van der Waals surface area contributed by atoms with Crippen LogP contribution in [0.1, 0.15) is 18.2 Å². The maximum Gasteiger partial charge on any atom is 0.303 e. The maximum atomic E-state index is 10.8. The van der Waals surface area contributed by atoms with Crippen molar-refractivity contribution < 1.29 is 20.2 Å². The summed E-state index contributed by atoms with van der Waals surface area (Å²) in [5.41, 5.74) is 4.81. The zero-order valence-corrected chi connectivity index (χ0v) is 4.55. The molecule has 0 bridgehead atoms. The summed E-state index contributed by atoms with van der Waals surface area (Å²) in [6, 6.07) is 0. The van der Waals surface area contributed by atoms with E-state index in [1.807, 2.05) is 0 Å². The minimum absolute atomic E-state index is 0.736. The lowest BCUT2D eigenvalue weighted by Gasteiger charge is -1.90. The second-order valence-electron chi connectivity index (χ2n) is 1.18. The molecule has 0 unspecified atom stereocenters. The van der Waals surface area contributed by atoms with Crippen LogP contribution in [0.2, 0.25) is 0 Å². The molecule has 4 nitrogen and oxygen atoms in total. The third kappa shape index (κ3) is 4.96. The highest BCUT2D eigenvalue weighted by molar-refractivity contribution is 5.83. The SMILES string of the molecule is [2H][14C@]([3H])(C(=O)O)[14C@@]([2H])([3H])C(=O)CN. The fourth-order valence-electron chi connectivity index (χ4n) is 0.174. The van der Waals surface area contributed by atoms with Gasteiger partial charge in [0.05, 0.1) is 12.9 Å². The lowest BCUT2D eigenvalue weighted by Crippen LogP contribution is -2.14. The molecule has 0 saturated heterocycles. The molecule has 0 fully saturated rings. The first-order valence-electron chi connectivity index (χ1n) is 4.14. The number of carboxylic acid groups (broad SMARTS) is 1. The Labute approximate surface area is 58.3 Å². The van der Waals surface area contributed by atoms with E-state index in [4.69, 9.17) is 16.3 Å². The summed E-state index contributed by atoms with van der Waals surface area (Å²) in [4.78, 5) is 21.1. The van der Waals surface area contributed by atoms with E-state index in [0.717, 1.165) is 0 Å². The van der Waals surface area contributed by atoms with Crippen LogP contribution in [0.5, 0.6) is 0 Å². The van der Waals surface area contributed by atoms with Crippen LogP contribution in [0.25, 0.3) is 0 Å². The molecular weight excluding hydrogens is 126 g/mol. The monoisotopic (exact) mass is 141 g/mol. The molecule has 0 aromatic rings. The molecule has 0 heterocycles. The molecule has 3 N–H and O–H groups in total. The van der Waals surface area contributed by atoms with E-state index in [0.29, 0.717) is 0 Å². The molecule has 0 amide bonds. The van der Waals surface area contributed by atoms with Crippen molar-refractivity contribution in [2.45, 2.75) is 12.7 Å². The number of ketones is 1. The normalized spacial score (nSPS) is 29.4. The van der Waals surface area contributed by atoms with E-state index in [1.54, 1.807) is 0 Å². The van der Waals surface area contributed by atoms with Gasteiger partial charge in [-0.05, 0) is 0 Å². The Morgan fingerprint density at radius 3 is 2.78 bits per heavy atom. The van der Waals surface area contributed by atoms with Crippen LogP contribution >= 0.6 is 0 Å². The summed E-state index contributed by atoms with van der Waals surface area (Å²) in [7, 11) is 0. The number of carbonyl (C=O) groups is 2. The molecule has 0 aromatic carbocycles. The molecule has 0 aliphatic heterocycles. The van der Waals surface area contributed by atoms with Gasteiger partial charge in [-0.3, -0.25) is 9.59 Å². The zero-order valence-electron chi connectivity index (χ0n) is 8.55. The van der Waals surface area contributed by atoms with Gasteiger partial charge in [-0.2, -0.15) is 0 Å². The number of carboxylic acids is 1. The fourth-order valence-corrected chi connectivity index (χ4v) is 0.174. The van der Waals surface area contributed by atoms with E-state index < -0.39 is 31.0 Å². The van der Waals surface area contributed by atoms with Crippen molar-refractivity contribution in [2.75, 3.05) is 6.54 Å². The van der Waals surface area contributed by atoms with Crippen molar-refractivity contribution in [3.8, 4) is 0 Å². The number of hydrogen-bond acceptors (Lipinski definition) is 3. The Morgan fingerprint density at radius 1 is 1.89 bits per heavy atom. The fraction of sp³-hybridized carbons (Fsp3) is 0.600. The average Bonchev–Trinajstić information content (AvgIpc) is 2.02. The summed E-state index contributed by atoms with van der Waals surface area (Å²) >= 11 is 0. The van der Waals surface area contributed by atoms with E-state index in [1.165, 1.54) is 0 Å². The van der Waals surface area contributed by atoms with Gasteiger partial charge in [0.1, 0.15) is 5.78 Å². The third-order valence-corrected chi connectivity index (χ3v) is 0.494. The maximum absolute atomic E-state index is 10.8. The largest absolute Gasteiger partial charge is 0.481 e. The molecule has 0 aromatic heterocycles. The van der Waals surface area contributed by atoms with E-state index in [2.05, 4.69) is 0 Å². The van der Waals surface area contributed by atoms with Crippen molar-refractivity contribution in [3.05, 3.63) is 0 Å². The van der Waals surface area contributed by atoms with Gasteiger partial charge in [-0.25, -0.2) is 0 Å². The second-order valence-corrected chi connectivity index (χ2v) is 1.18. The van der Waals surface area contributed by atoms with Crippen LogP contribution in [-0.4, -0.2) is 23.4 Å². The summed E-state index contributed by atoms with van der Waals surface area (Å²) < 4.78 is 27.6. The number of carbonyl (C=O) groups excluding carboxylic acids is 1. The lowest BCUT2D eigenvalue weighted by atomic mass is 10.6. The van der Waals surface area contributed by atoms with Gasteiger partial charge in [0.25, 0.3) is 0 Å². The molecule has 0 radical (unpaired) electrons. The summed E-state index contributed by atoms with van der Waals surface area (Å²) in [5.74, 6) is -3.31. The third-order valence-electron chi connectivity index (χ3n) is 0.494. The highest BCUT2D eigenvalue weighted by Gasteiger charge is 2.01. The molecule has 52 valence electrons. The zero-order chi connectivity index (χ0) is 10.9. The van der Waals surface area contributed by atoms with Crippen LogP contribution in [0, 0.1) is 0 Å². The van der Waals surface area contributed by atoms with E-state index in [9.17, 15) is 9.59 Å². The first kappa shape index (κ1) is 3.31. The van der Waals surface area contributed by atoms with Gasteiger partial charge >= 0.3 is 5.97 Å². The van der Waals surface area contributed by atoms with E-state index >= 15 is 0 Å². The van der Waals surface area contributed by atoms with Gasteiger partial charge in [-0.1, -0.05) is 0 Å². The summed E-state index contributed by atoms with van der Waals surface area (Å²) in [6.45, 7) is -0.736. The Morgan fingerprint density at radius 2 is 2.44 bits per heavy atom. The van der Waals surface area contributed by atoms with Crippen LogP contribution in [0.3, 0.4) is 0 Å². The van der Waals surface area contributed by atoms with Crippen molar-refractivity contribution >= 4 is 11.8 Å². The van der Waals surface area contributed by atoms with Gasteiger partial charge < -0.3 is 10.8 Å². The van der Waals surface area contributed by atoms with Gasteiger partial charge in [-0.15, -0.1) is 0 Å². The highest BCUT2D eigenvalue weighted by atomic mass is 16.4. The predicted octanol–water partition coefficient (Wildman–Crippen LogP) is -0.621. The molecule has 0 rings (SSSR count). The number of rotatable bonds is 4. The summed E-state index contributed by atoms with van der Waals surface area (Å²) in [5, 5.41) is 8.31. The van der Waals surface area contributed by atoms with Crippen molar-refractivity contribution in [1.82, 2.24) is 0 Å². The first-order valence-corrected chi connectivity index (χ1v) is 2.14. The minimum Gasteiger partial charge on any atom is -0.481 e. The lowest BCUT2D eigenvalue weighted by molar-refractivity contribution is -0.138. The Balaban J connectivity index is 5.02. The van der Waals surface area contributed by atoms with E-state index in [-0.39, 0.29) is 0 Å². The Kier molecular flexibility index (Phi) is 1.48. The van der Waals surface area contributed by atoms with Crippen molar-refractivity contribution in [2.24, 2.45) is 5.73 Å². The predicted molar refractivity (Wildman–Crippen MR) is 30.9 cm³/mol. The van der Waals surface area contributed by atoms with Gasteiger partial charge in [0.2, 0.25) is 0 Å². The molecule has 2 atom stereocenters. The highest BCUT2D eigenvalue weighted by Crippen LogP contribution is 1.87. The summed E-state index contributed by atoms with van der Waals surface area (Å²) in [6.07, 6.45) is -6.36. The van der Waals surface area contributed by atoms with Crippen LogP contribution in [0.15, 0.2) is 0 Å². The molecule has 4 heteroatoms. The number of hydrogen-bond donors (Lipinski definition) is 2. The topological polar surface area (TPSA) is 80.4 Å². The van der Waals surface area contributed by atoms with Crippen LogP contribution in [-0.2, 0) is 9.59 Å². The quantitative estimate of drug-likeness (QED) is 0.546. The Hall–Kier alpha value is -0.900. The van der Waals surface area contributed by atoms with Crippen LogP contribution in [0.4, 0.5) is 0 Å².